The highest BCUT2D eigenvalue weighted by Gasteiger charge is 2.34. The average Bonchev–Trinajstić information content (AvgIpc) is 2.87. The molecule has 1 heterocycles. The molecule has 9 nitrogen and oxygen atoms in total. The molecule has 1 fully saturated rings. The molecule has 0 radical (unpaired) electrons. The van der Waals surface area contributed by atoms with Crippen LogP contribution in [0.5, 0.6) is 0 Å². The van der Waals surface area contributed by atoms with E-state index in [2.05, 4.69) is 16.0 Å². The molecule has 1 aliphatic heterocycles. The largest absolute Gasteiger partial charge is 0.444 e. The van der Waals surface area contributed by atoms with Crippen molar-refractivity contribution in [1.82, 2.24) is 16.0 Å². The van der Waals surface area contributed by atoms with Gasteiger partial charge in [0.1, 0.15) is 17.7 Å². The third-order valence-electron chi connectivity index (χ3n) is 4.17. The minimum atomic E-state index is -0.996. The quantitative estimate of drug-likeness (QED) is 0.502. The Labute approximate surface area is 166 Å². The van der Waals surface area contributed by atoms with Gasteiger partial charge in [0.25, 0.3) is 0 Å². The van der Waals surface area contributed by atoms with E-state index in [1.807, 2.05) is 20.8 Å². The van der Waals surface area contributed by atoms with Gasteiger partial charge in [0.05, 0.1) is 0 Å². The van der Waals surface area contributed by atoms with Gasteiger partial charge >= 0.3 is 6.09 Å². The fourth-order valence-corrected chi connectivity index (χ4v) is 2.94. The Morgan fingerprint density at radius 1 is 1.14 bits per heavy atom. The summed E-state index contributed by atoms with van der Waals surface area (Å²) < 4.78 is 5.23. The maximum absolute atomic E-state index is 12.8. The van der Waals surface area contributed by atoms with Crippen molar-refractivity contribution in [1.29, 1.82) is 0 Å². The summed E-state index contributed by atoms with van der Waals surface area (Å²) in [5, 5.41) is 7.85. The third kappa shape index (κ3) is 8.58. The zero-order chi connectivity index (χ0) is 21.7. The zero-order valence-electron chi connectivity index (χ0n) is 17.7. The summed E-state index contributed by atoms with van der Waals surface area (Å²) in [4.78, 5) is 48.5. The lowest BCUT2D eigenvalue weighted by atomic mass is 9.87. The first-order valence-electron chi connectivity index (χ1n) is 9.55. The maximum atomic E-state index is 12.8. The topological polar surface area (TPSA) is 140 Å². The number of hydrogen-bond donors (Lipinski definition) is 4. The molecule has 0 aliphatic carbocycles. The van der Waals surface area contributed by atoms with Crippen molar-refractivity contribution in [3.05, 3.63) is 0 Å². The number of amides is 4. The van der Waals surface area contributed by atoms with Gasteiger partial charge in [0.2, 0.25) is 17.7 Å². The summed E-state index contributed by atoms with van der Waals surface area (Å²) in [5.74, 6) is -1.79. The molecule has 0 spiro atoms. The van der Waals surface area contributed by atoms with Crippen molar-refractivity contribution >= 4 is 23.8 Å². The molecule has 4 amide bonds. The zero-order valence-corrected chi connectivity index (χ0v) is 17.7. The lowest BCUT2D eigenvalue weighted by molar-refractivity contribution is -0.130. The predicted molar refractivity (Wildman–Crippen MR) is 104 cm³/mol. The molecule has 9 heteroatoms. The van der Waals surface area contributed by atoms with Crippen molar-refractivity contribution in [2.75, 3.05) is 6.54 Å². The Kier molecular flexibility index (Phi) is 7.84. The summed E-state index contributed by atoms with van der Waals surface area (Å²) in [6, 6.07) is -1.90. The fraction of sp³-hybridized carbons (Fsp3) is 0.789. The molecule has 160 valence electrons. The van der Waals surface area contributed by atoms with Gasteiger partial charge in [-0.15, -0.1) is 0 Å². The lowest BCUT2D eigenvalue weighted by Gasteiger charge is -2.29. The number of rotatable bonds is 7. The van der Waals surface area contributed by atoms with E-state index < -0.39 is 35.6 Å². The van der Waals surface area contributed by atoms with Crippen molar-refractivity contribution in [2.45, 2.75) is 78.5 Å². The van der Waals surface area contributed by atoms with Crippen LogP contribution in [0.25, 0.3) is 0 Å². The molecule has 1 saturated heterocycles. The molecule has 0 aromatic heterocycles. The molecule has 0 aromatic rings. The highest BCUT2D eigenvalue weighted by molar-refractivity contribution is 5.91. The van der Waals surface area contributed by atoms with E-state index in [0.717, 1.165) is 0 Å². The molecule has 0 aromatic carbocycles. The molecule has 1 aliphatic rings. The average molecular weight is 399 g/mol. The van der Waals surface area contributed by atoms with Crippen LogP contribution >= 0.6 is 0 Å². The smallest absolute Gasteiger partial charge is 0.408 e. The first-order valence-corrected chi connectivity index (χ1v) is 9.55. The highest BCUT2D eigenvalue weighted by atomic mass is 16.6. The molecule has 1 rings (SSSR count). The van der Waals surface area contributed by atoms with Gasteiger partial charge in [-0.05, 0) is 45.4 Å². The minimum absolute atomic E-state index is 0.127. The maximum Gasteiger partial charge on any atom is 0.408 e. The van der Waals surface area contributed by atoms with Crippen molar-refractivity contribution in [3.63, 3.8) is 0 Å². The van der Waals surface area contributed by atoms with E-state index in [4.69, 9.17) is 10.5 Å². The molecular weight excluding hydrogens is 364 g/mol. The number of carbonyl (C=O) groups excluding carboxylic acids is 4. The van der Waals surface area contributed by atoms with Crippen LogP contribution in [0.15, 0.2) is 0 Å². The van der Waals surface area contributed by atoms with Gasteiger partial charge < -0.3 is 26.4 Å². The Bertz CT molecular complexity index is 606. The first kappa shape index (κ1) is 23.7. The van der Waals surface area contributed by atoms with Crippen LogP contribution in [0.3, 0.4) is 0 Å². The summed E-state index contributed by atoms with van der Waals surface area (Å²) in [6.07, 6.45) is 0.317. The molecule has 5 N–H and O–H groups in total. The Hall–Kier alpha value is -2.32. The van der Waals surface area contributed by atoms with Gasteiger partial charge in [-0.1, -0.05) is 20.8 Å². The molecular formula is C19H34N4O5. The minimum Gasteiger partial charge on any atom is -0.444 e. The van der Waals surface area contributed by atoms with Crippen LogP contribution in [-0.2, 0) is 19.1 Å². The molecule has 28 heavy (non-hydrogen) atoms. The van der Waals surface area contributed by atoms with Gasteiger partial charge in [-0.25, -0.2) is 4.79 Å². The molecule has 0 bridgehead atoms. The second kappa shape index (κ2) is 9.25. The number of primary amides is 1. The van der Waals surface area contributed by atoms with Crippen LogP contribution in [-0.4, -0.2) is 48.0 Å². The number of nitrogens with two attached hydrogens (primary N) is 1. The standard InChI is InChI=1S/C19H34N4O5/c1-18(2,3)10-13(23-17(27)28-19(4,5)6)16(26)22-12(14(20)24)9-11-7-8-21-15(11)25/h11-13H,7-10H2,1-6H3,(H2,20,24)(H,21,25)(H,22,26)(H,23,27)/t11-,12?,13?/m0/s1. The second-order valence-electron chi connectivity index (χ2n) is 9.44. The van der Waals surface area contributed by atoms with Gasteiger partial charge in [-0.2, -0.15) is 0 Å². The summed E-state index contributed by atoms with van der Waals surface area (Å²) in [6.45, 7) is 11.5. The Morgan fingerprint density at radius 3 is 2.18 bits per heavy atom. The number of ether oxygens (including phenoxy) is 1. The molecule has 3 atom stereocenters. The number of hydrogen-bond acceptors (Lipinski definition) is 5. The van der Waals surface area contributed by atoms with Crippen molar-refractivity contribution in [2.24, 2.45) is 17.1 Å². The Balaban J connectivity index is 2.85. The van der Waals surface area contributed by atoms with Crippen LogP contribution in [0.4, 0.5) is 4.79 Å². The van der Waals surface area contributed by atoms with Crippen molar-refractivity contribution in [3.8, 4) is 0 Å². The lowest BCUT2D eigenvalue weighted by Crippen LogP contribution is -2.55. The number of alkyl carbamates (subject to hydrolysis) is 1. The van der Waals surface area contributed by atoms with Gasteiger partial charge in [0, 0.05) is 12.5 Å². The van der Waals surface area contributed by atoms with E-state index in [1.54, 1.807) is 20.8 Å². The Morgan fingerprint density at radius 2 is 1.75 bits per heavy atom. The third-order valence-corrected chi connectivity index (χ3v) is 4.17. The van der Waals surface area contributed by atoms with E-state index in [-0.39, 0.29) is 23.7 Å². The van der Waals surface area contributed by atoms with E-state index >= 15 is 0 Å². The van der Waals surface area contributed by atoms with Crippen LogP contribution in [0.2, 0.25) is 0 Å². The van der Waals surface area contributed by atoms with E-state index in [9.17, 15) is 19.2 Å². The predicted octanol–water partition coefficient (Wildman–Crippen LogP) is 0.812. The number of nitrogens with one attached hydrogen (secondary N) is 3. The summed E-state index contributed by atoms with van der Waals surface area (Å²) in [5.41, 5.74) is 4.44. The van der Waals surface area contributed by atoms with Crippen LogP contribution in [0.1, 0.15) is 60.8 Å². The normalized spacial score (nSPS) is 19.4. The monoisotopic (exact) mass is 398 g/mol. The number of carbonyl (C=O) groups is 4. The molecule has 0 saturated carbocycles. The van der Waals surface area contributed by atoms with Crippen LogP contribution < -0.4 is 21.7 Å². The van der Waals surface area contributed by atoms with E-state index in [1.165, 1.54) is 0 Å². The fourth-order valence-electron chi connectivity index (χ4n) is 2.94. The SMILES string of the molecule is CC(C)(C)CC(NC(=O)OC(C)(C)C)C(=O)NC(C[C@@H]1CCNC1=O)C(N)=O. The van der Waals surface area contributed by atoms with Crippen molar-refractivity contribution < 1.29 is 23.9 Å². The summed E-state index contributed by atoms with van der Waals surface area (Å²) >= 11 is 0. The highest BCUT2D eigenvalue weighted by Crippen LogP contribution is 2.22. The second-order valence-corrected chi connectivity index (χ2v) is 9.44. The van der Waals surface area contributed by atoms with Gasteiger partial charge in [-0.3, -0.25) is 14.4 Å². The van der Waals surface area contributed by atoms with Crippen LogP contribution in [0, 0.1) is 11.3 Å². The molecule has 2 unspecified atom stereocenters. The van der Waals surface area contributed by atoms with Gasteiger partial charge in [0.15, 0.2) is 0 Å². The summed E-state index contributed by atoms with van der Waals surface area (Å²) in [7, 11) is 0. The first-order chi connectivity index (χ1) is 12.7. The van der Waals surface area contributed by atoms with E-state index in [0.29, 0.717) is 19.4 Å².